The first-order valence-electron chi connectivity index (χ1n) is 4.21. The summed E-state index contributed by atoms with van der Waals surface area (Å²) in [5.74, 6) is 1.71. The minimum absolute atomic E-state index is 0.215. The number of nitrogens with zero attached hydrogens (tertiary/aromatic N) is 1. The lowest BCUT2D eigenvalue weighted by atomic mass is 10.2. The fourth-order valence-corrected chi connectivity index (χ4v) is 1.05. The zero-order valence-corrected chi connectivity index (χ0v) is 8.03. The molecule has 0 aliphatic heterocycles. The molecule has 1 atom stereocenters. The van der Waals surface area contributed by atoms with Crippen molar-refractivity contribution in [1.82, 2.24) is 0 Å². The minimum Gasteiger partial charge on any atom is -0.366 e. The molecule has 0 heterocycles. The second kappa shape index (κ2) is 4.42. The van der Waals surface area contributed by atoms with Gasteiger partial charge in [0.1, 0.15) is 11.5 Å². The van der Waals surface area contributed by atoms with Crippen LogP contribution in [0.15, 0.2) is 18.2 Å². The number of nitrogens with one attached hydrogen (secondary N) is 1. The van der Waals surface area contributed by atoms with Gasteiger partial charge in [0.2, 0.25) is 0 Å². The molecule has 0 aliphatic rings. The van der Waals surface area contributed by atoms with Gasteiger partial charge in [0.05, 0.1) is 17.0 Å². The van der Waals surface area contributed by atoms with Crippen molar-refractivity contribution >= 4 is 11.4 Å². The summed E-state index contributed by atoms with van der Waals surface area (Å²) in [6.07, 6.45) is 5.12. The van der Waals surface area contributed by atoms with Gasteiger partial charge in [-0.1, -0.05) is 5.92 Å². The summed E-state index contributed by atoms with van der Waals surface area (Å²) >= 11 is 0. The van der Waals surface area contributed by atoms with E-state index < -0.39 is 10.7 Å². The number of benzene rings is 1. The first kappa shape index (κ1) is 11.0. The van der Waals surface area contributed by atoms with Gasteiger partial charge in [-0.05, 0) is 19.1 Å². The number of hydrogen-bond donors (Lipinski definition) is 1. The Kier molecular flexibility index (Phi) is 3.24. The van der Waals surface area contributed by atoms with Gasteiger partial charge in [0.15, 0.2) is 0 Å². The smallest absolute Gasteiger partial charge is 0.295 e. The second-order valence-electron chi connectivity index (χ2n) is 2.95. The van der Waals surface area contributed by atoms with Gasteiger partial charge in [-0.3, -0.25) is 10.1 Å². The number of anilines is 1. The van der Waals surface area contributed by atoms with Gasteiger partial charge in [0, 0.05) is 0 Å². The Balaban J connectivity index is 3.07. The topological polar surface area (TPSA) is 55.2 Å². The molecular weight excluding hydrogens is 199 g/mol. The Bertz CT molecular complexity index is 426. The zero-order chi connectivity index (χ0) is 11.4. The molecule has 0 radical (unpaired) electrons. The average molecular weight is 208 g/mol. The molecule has 0 amide bonds. The standard InChI is InChI=1S/C10H9FN2O2/c1-3-7(2)12-9-5-4-8(11)6-10(9)13(14)15/h1,4-7,12H,2H3. The van der Waals surface area contributed by atoms with E-state index in [4.69, 9.17) is 6.42 Å². The van der Waals surface area contributed by atoms with E-state index in [1.54, 1.807) is 6.92 Å². The van der Waals surface area contributed by atoms with Crippen molar-refractivity contribution in [2.45, 2.75) is 13.0 Å². The predicted octanol–water partition coefficient (Wildman–Crippen LogP) is 2.17. The van der Waals surface area contributed by atoms with Crippen LogP contribution >= 0.6 is 0 Å². The molecule has 1 N–H and O–H groups in total. The molecule has 15 heavy (non-hydrogen) atoms. The van der Waals surface area contributed by atoms with Crippen molar-refractivity contribution in [3.8, 4) is 12.3 Å². The summed E-state index contributed by atoms with van der Waals surface area (Å²) in [5, 5.41) is 13.3. The van der Waals surface area contributed by atoms with Crippen molar-refractivity contribution in [1.29, 1.82) is 0 Å². The molecule has 0 fully saturated rings. The molecule has 0 bridgehead atoms. The lowest BCUT2D eigenvalue weighted by molar-refractivity contribution is -0.384. The fourth-order valence-electron chi connectivity index (χ4n) is 1.05. The van der Waals surface area contributed by atoms with Crippen molar-refractivity contribution < 1.29 is 9.31 Å². The molecule has 0 aliphatic carbocycles. The Labute approximate surface area is 86.3 Å². The highest BCUT2D eigenvalue weighted by Crippen LogP contribution is 2.25. The number of rotatable bonds is 3. The van der Waals surface area contributed by atoms with Crippen molar-refractivity contribution in [3.05, 3.63) is 34.1 Å². The van der Waals surface area contributed by atoms with E-state index in [-0.39, 0.29) is 17.4 Å². The Morgan fingerprint density at radius 2 is 2.33 bits per heavy atom. The fraction of sp³-hybridized carbons (Fsp3) is 0.200. The third kappa shape index (κ3) is 2.68. The van der Waals surface area contributed by atoms with E-state index >= 15 is 0 Å². The van der Waals surface area contributed by atoms with E-state index in [0.717, 1.165) is 12.1 Å². The Morgan fingerprint density at radius 1 is 1.67 bits per heavy atom. The minimum atomic E-state index is -0.658. The van der Waals surface area contributed by atoms with Crippen LogP contribution in [0.1, 0.15) is 6.92 Å². The molecule has 0 saturated heterocycles. The van der Waals surface area contributed by atoms with Crippen LogP contribution in [0.2, 0.25) is 0 Å². The number of halogens is 1. The lowest BCUT2D eigenvalue weighted by Crippen LogP contribution is -2.13. The molecule has 1 aromatic carbocycles. The third-order valence-corrected chi connectivity index (χ3v) is 1.78. The average Bonchev–Trinajstić information content (AvgIpc) is 2.20. The van der Waals surface area contributed by atoms with Crippen LogP contribution in [0.25, 0.3) is 0 Å². The van der Waals surface area contributed by atoms with Crippen LogP contribution < -0.4 is 5.32 Å². The molecule has 1 rings (SSSR count). The normalized spacial score (nSPS) is 11.5. The summed E-state index contributed by atoms with van der Waals surface area (Å²) in [4.78, 5) is 9.93. The van der Waals surface area contributed by atoms with Gasteiger partial charge in [-0.25, -0.2) is 4.39 Å². The zero-order valence-electron chi connectivity index (χ0n) is 8.03. The first-order valence-corrected chi connectivity index (χ1v) is 4.21. The third-order valence-electron chi connectivity index (χ3n) is 1.78. The summed E-state index contributed by atoms with van der Waals surface area (Å²) in [7, 11) is 0. The summed E-state index contributed by atoms with van der Waals surface area (Å²) in [5.41, 5.74) is -0.107. The molecule has 78 valence electrons. The van der Waals surface area contributed by atoms with Crippen LogP contribution in [0.4, 0.5) is 15.8 Å². The van der Waals surface area contributed by atoms with Gasteiger partial charge in [-0.2, -0.15) is 0 Å². The molecule has 1 aromatic rings. The van der Waals surface area contributed by atoms with Crippen molar-refractivity contribution in [2.75, 3.05) is 5.32 Å². The van der Waals surface area contributed by atoms with Gasteiger partial charge < -0.3 is 5.32 Å². The quantitative estimate of drug-likeness (QED) is 0.470. The molecule has 1 unspecified atom stereocenters. The molecular formula is C10H9FN2O2. The molecule has 0 spiro atoms. The predicted molar refractivity (Wildman–Crippen MR) is 55.0 cm³/mol. The van der Waals surface area contributed by atoms with Crippen LogP contribution in [0.3, 0.4) is 0 Å². The number of nitro groups is 1. The monoisotopic (exact) mass is 208 g/mol. The highest BCUT2D eigenvalue weighted by atomic mass is 19.1. The molecule has 5 heteroatoms. The van der Waals surface area contributed by atoms with Gasteiger partial charge in [0.25, 0.3) is 5.69 Å². The lowest BCUT2D eigenvalue weighted by Gasteiger charge is -2.09. The van der Waals surface area contributed by atoms with E-state index in [1.807, 2.05) is 0 Å². The largest absolute Gasteiger partial charge is 0.366 e. The van der Waals surface area contributed by atoms with Crippen LogP contribution in [0, 0.1) is 28.3 Å². The number of terminal acetylenes is 1. The van der Waals surface area contributed by atoms with Crippen molar-refractivity contribution in [2.24, 2.45) is 0 Å². The first-order chi connectivity index (χ1) is 7.04. The maximum absolute atomic E-state index is 12.8. The molecule has 0 aromatic heterocycles. The highest BCUT2D eigenvalue weighted by Gasteiger charge is 2.15. The van der Waals surface area contributed by atoms with Crippen LogP contribution in [0.5, 0.6) is 0 Å². The van der Waals surface area contributed by atoms with Gasteiger partial charge >= 0.3 is 0 Å². The molecule has 4 nitrogen and oxygen atoms in total. The number of hydrogen-bond acceptors (Lipinski definition) is 3. The summed E-state index contributed by atoms with van der Waals surface area (Å²) in [6, 6.07) is 2.93. The van der Waals surface area contributed by atoms with E-state index in [2.05, 4.69) is 11.2 Å². The van der Waals surface area contributed by atoms with Crippen LogP contribution in [-0.4, -0.2) is 11.0 Å². The summed E-state index contributed by atoms with van der Waals surface area (Å²) in [6.45, 7) is 1.67. The number of nitro benzene ring substituents is 1. The maximum atomic E-state index is 12.8. The SMILES string of the molecule is C#CC(C)Nc1ccc(F)cc1[N+](=O)[O-]. The highest BCUT2D eigenvalue weighted by molar-refractivity contribution is 5.62. The molecule has 0 saturated carbocycles. The van der Waals surface area contributed by atoms with Crippen LogP contribution in [-0.2, 0) is 0 Å². The maximum Gasteiger partial charge on any atom is 0.295 e. The second-order valence-corrected chi connectivity index (χ2v) is 2.95. The van der Waals surface area contributed by atoms with E-state index in [1.165, 1.54) is 6.07 Å². The summed E-state index contributed by atoms with van der Waals surface area (Å²) < 4.78 is 12.8. The van der Waals surface area contributed by atoms with E-state index in [9.17, 15) is 14.5 Å². The van der Waals surface area contributed by atoms with Crippen molar-refractivity contribution in [3.63, 3.8) is 0 Å². The van der Waals surface area contributed by atoms with Gasteiger partial charge in [-0.15, -0.1) is 6.42 Å². The Morgan fingerprint density at radius 3 is 2.87 bits per heavy atom. The Hall–Kier alpha value is -2.09. The van der Waals surface area contributed by atoms with E-state index in [0.29, 0.717) is 0 Å².